The van der Waals surface area contributed by atoms with Crippen molar-refractivity contribution in [2.75, 3.05) is 26.7 Å². The van der Waals surface area contributed by atoms with Crippen molar-refractivity contribution in [1.82, 2.24) is 9.80 Å². The van der Waals surface area contributed by atoms with Crippen molar-refractivity contribution >= 4 is 17.5 Å². The monoisotopic (exact) mass is 306 g/mol. The average molecular weight is 307 g/mol. The third-order valence-corrected chi connectivity index (χ3v) is 4.97. The number of carbonyl (C=O) groups is 1. The molecule has 1 heterocycles. The Morgan fingerprint density at radius 1 is 1.29 bits per heavy atom. The number of nitrogens with zero attached hydrogens (tertiary/aromatic N) is 2. The second-order valence-corrected chi connectivity index (χ2v) is 6.77. The second-order valence-electron chi connectivity index (χ2n) is 6.34. The van der Waals surface area contributed by atoms with Gasteiger partial charge in [0.05, 0.1) is 0 Å². The van der Waals surface area contributed by atoms with E-state index in [1.165, 1.54) is 38.8 Å². The molecule has 2 aliphatic rings. The van der Waals surface area contributed by atoms with Crippen molar-refractivity contribution in [1.29, 1.82) is 0 Å². The lowest BCUT2D eigenvalue weighted by Gasteiger charge is -2.32. The second kappa shape index (κ2) is 6.37. The largest absolute Gasteiger partial charge is 0.337 e. The maximum atomic E-state index is 12.7. The van der Waals surface area contributed by atoms with Gasteiger partial charge in [-0.2, -0.15) is 0 Å². The minimum Gasteiger partial charge on any atom is -0.337 e. The van der Waals surface area contributed by atoms with Crippen molar-refractivity contribution in [3.05, 3.63) is 34.9 Å². The highest BCUT2D eigenvalue weighted by molar-refractivity contribution is 6.30. The van der Waals surface area contributed by atoms with Gasteiger partial charge in [0.15, 0.2) is 0 Å². The molecule has 1 aliphatic heterocycles. The van der Waals surface area contributed by atoms with Crippen LogP contribution in [0.25, 0.3) is 0 Å². The summed E-state index contributed by atoms with van der Waals surface area (Å²) in [5.41, 5.74) is 0.731. The highest BCUT2D eigenvalue weighted by Crippen LogP contribution is 2.36. The molecule has 4 heteroatoms. The summed E-state index contributed by atoms with van der Waals surface area (Å²) in [7, 11) is 1.95. The van der Waals surface area contributed by atoms with Gasteiger partial charge in [0, 0.05) is 30.2 Å². The summed E-state index contributed by atoms with van der Waals surface area (Å²) in [6.45, 7) is 3.40. The summed E-state index contributed by atoms with van der Waals surface area (Å²) >= 11 is 5.90. The van der Waals surface area contributed by atoms with Crippen LogP contribution >= 0.6 is 11.6 Å². The van der Waals surface area contributed by atoms with Crippen molar-refractivity contribution in [2.24, 2.45) is 5.92 Å². The number of likely N-dealkylation sites (tertiary alicyclic amines) is 1. The Morgan fingerprint density at radius 3 is 2.48 bits per heavy atom. The first kappa shape index (κ1) is 14.9. The molecule has 114 valence electrons. The van der Waals surface area contributed by atoms with Crippen LogP contribution in [0.2, 0.25) is 5.02 Å². The summed E-state index contributed by atoms with van der Waals surface area (Å²) in [5, 5.41) is 0.671. The van der Waals surface area contributed by atoms with E-state index < -0.39 is 0 Å². The van der Waals surface area contributed by atoms with Crippen LogP contribution in [-0.2, 0) is 0 Å². The number of amides is 1. The van der Waals surface area contributed by atoms with E-state index in [9.17, 15) is 4.79 Å². The number of halogens is 1. The van der Waals surface area contributed by atoms with E-state index in [1.54, 1.807) is 12.1 Å². The third-order valence-electron chi connectivity index (χ3n) is 4.72. The molecule has 0 N–H and O–H groups in total. The van der Waals surface area contributed by atoms with Crippen molar-refractivity contribution in [2.45, 2.75) is 31.7 Å². The highest BCUT2D eigenvalue weighted by atomic mass is 35.5. The Labute approximate surface area is 131 Å². The fourth-order valence-corrected chi connectivity index (χ4v) is 3.37. The summed E-state index contributed by atoms with van der Waals surface area (Å²) < 4.78 is 0. The molecule has 1 amide bonds. The lowest BCUT2D eigenvalue weighted by atomic mass is 10.1. The van der Waals surface area contributed by atoms with Gasteiger partial charge in [0.1, 0.15) is 0 Å². The van der Waals surface area contributed by atoms with Crippen LogP contribution in [0, 0.1) is 5.92 Å². The average Bonchev–Trinajstić information content (AvgIpc) is 3.20. The molecular weight excluding hydrogens is 284 g/mol. The zero-order valence-electron chi connectivity index (χ0n) is 12.6. The smallest absolute Gasteiger partial charge is 0.253 e. The fourth-order valence-electron chi connectivity index (χ4n) is 3.25. The number of likely N-dealkylation sites (N-methyl/N-ethyl adjacent to an activating group) is 1. The Bertz CT molecular complexity index is 492. The molecule has 0 radical (unpaired) electrons. The molecule has 1 saturated heterocycles. The van der Waals surface area contributed by atoms with Crippen molar-refractivity contribution in [3.8, 4) is 0 Å². The van der Waals surface area contributed by atoms with Crippen LogP contribution in [0.3, 0.4) is 0 Å². The first-order chi connectivity index (χ1) is 10.1. The van der Waals surface area contributed by atoms with Gasteiger partial charge in [0.25, 0.3) is 5.91 Å². The molecule has 2 fully saturated rings. The van der Waals surface area contributed by atoms with Crippen LogP contribution in [-0.4, -0.2) is 48.4 Å². The van der Waals surface area contributed by atoms with E-state index in [0.717, 1.165) is 12.1 Å². The number of hydrogen-bond donors (Lipinski definition) is 0. The topological polar surface area (TPSA) is 23.6 Å². The summed E-state index contributed by atoms with van der Waals surface area (Å²) in [6, 6.07) is 7.57. The van der Waals surface area contributed by atoms with E-state index in [0.29, 0.717) is 17.0 Å². The molecule has 1 aliphatic carbocycles. The SMILES string of the molecule is CN(C(=O)c1ccc(Cl)cc1)[C@H](CN1CCCC1)C1CC1. The molecule has 0 aromatic heterocycles. The van der Waals surface area contributed by atoms with Crippen LogP contribution in [0.5, 0.6) is 0 Å². The highest BCUT2D eigenvalue weighted by Gasteiger charge is 2.37. The number of hydrogen-bond acceptors (Lipinski definition) is 2. The standard InChI is InChI=1S/C17H23ClN2O/c1-19(17(21)14-6-8-15(18)9-7-14)16(13-4-5-13)12-20-10-2-3-11-20/h6-9,13,16H,2-5,10-12H2,1H3/t16-/m1/s1. The van der Waals surface area contributed by atoms with Gasteiger partial charge in [-0.25, -0.2) is 0 Å². The van der Waals surface area contributed by atoms with Gasteiger partial charge < -0.3 is 9.80 Å². The summed E-state index contributed by atoms with van der Waals surface area (Å²) in [4.78, 5) is 17.1. The number of rotatable bonds is 5. The Morgan fingerprint density at radius 2 is 1.90 bits per heavy atom. The van der Waals surface area contributed by atoms with Crippen LogP contribution in [0.1, 0.15) is 36.0 Å². The summed E-state index contributed by atoms with van der Waals surface area (Å²) in [5.74, 6) is 0.801. The molecule has 3 rings (SSSR count). The van der Waals surface area contributed by atoms with Gasteiger partial charge >= 0.3 is 0 Å². The predicted molar refractivity (Wildman–Crippen MR) is 85.7 cm³/mol. The zero-order chi connectivity index (χ0) is 14.8. The van der Waals surface area contributed by atoms with Gasteiger partial charge in [-0.05, 0) is 69.0 Å². The van der Waals surface area contributed by atoms with E-state index in [1.807, 2.05) is 24.1 Å². The van der Waals surface area contributed by atoms with E-state index in [2.05, 4.69) is 4.90 Å². The van der Waals surface area contributed by atoms with Gasteiger partial charge in [-0.15, -0.1) is 0 Å². The van der Waals surface area contributed by atoms with Gasteiger partial charge in [-0.1, -0.05) is 11.6 Å². The van der Waals surface area contributed by atoms with Gasteiger partial charge in [-0.3, -0.25) is 4.79 Å². The van der Waals surface area contributed by atoms with Crippen molar-refractivity contribution in [3.63, 3.8) is 0 Å². The Balaban J connectivity index is 1.69. The quantitative estimate of drug-likeness (QED) is 0.833. The molecular formula is C17H23ClN2O. The number of benzene rings is 1. The van der Waals surface area contributed by atoms with Crippen LogP contribution in [0.15, 0.2) is 24.3 Å². The van der Waals surface area contributed by atoms with E-state index >= 15 is 0 Å². The molecule has 1 aromatic rings. The lowest BCUT2D eigenvalue weighted by Crippen LogP contribution is -2.45. The molecule has 1 atom stereocenters. The molecule has 21 heavy (non-hydrogen) atoms. The maximum Gasteiger partial charge on any atom is 0.253 e. The minimum atomic E-state index is 0.114. The fraction of sp³-hybridized carbons (Fsp3) is 0.588. The molecule has 3 nitrogen and oxygen atoms in total. The van der Waals surface area contributed by atoms with Crippen molar-refractivity contribution < 1.29 is 4.79 Å². The van der Waals surface area contributed by atoms with E-state index in [-0.39, 0.29) is 5.91 Å². The molecule has 1 saturated carbocycles. The number of carbonyl (C=O) groups excluding carboxylic acids is 1. The van der Waals surface area contributed by atoms with Crippen LogP contribution < -0.4 is 0 Å². The van der Waals surface area contributed by atoms with Crippen LogP contribution in [0.4, 0.5) is 0 Å². The Kier molecular flexibility index (Phi) is 4.51. The Hall–Kier alpha value is -1.06. The molecule has 0 bridgehead atoms. The molecule has 0 spiro atoms. The van der Waals surface area contributed by atoms with Gasteiger partial charge in [0.2, 0.25) is 0 Å². The predicted octanol–water partition coefficient (Wildman–Crippen LogP) is 3.29. The first-order valence-electron chi connectivity index (χ1n) is 7.90. The molecule has 1 aromatic carbocycles. The molecule has 0 unspecified atom stereocenters. The van der Waals surface area contributed by atoms with E-state index in [4.69, 9.17) is 11.6 Å². The maximum absolute atomic E-state index is 12.7. The normalized spacial score (nSPS) is 20.5. The minimum absolute atomic E-state index is 0.114. The zero-order valence-corrected chi connectivity index (χ0v) is 13.4. The summed E-state index contributed by atoms with van der Waals surface area (Å²) in [6.07, 6.45) is 5.12. The lowest BCUT2D eigenvalue weighted by molar-refractivity contribution is 0.0673. The third kappa shape index (κ3) is 3.58. The first-order valence-corrected chi connectivity index (χ1v) is 8.28.